The fraction of sp³-hybridized carbons (Fsp3) is 0.308. The number of aromatic nitrogens is 3. The van der Waals surface area contributed by atoms with E-state index >= 15 is 0 Å². The van der Waals surface area contributed by atoms with Gasteiger partial charge in [-0.1, -0.05) is 0 Å². The van der Waals surface area contributed by atoms with Gasteiger partial charge in [-0.25, -0.2) is 9.67 Å². The molecule has 1 fully saturated rings. The lowest BCUT2D eigenvalue weighted by atomic mass is 10.2. The van der Waals surface area contributed by atoms with Crippen LogP contribution in [0.4, 0.5) is 0 Å². The maximum atomic E-state index is 7.60. The second kappa shape index (κ2) is 3.94. The molecule has 2 heterocycles. The summed E-state index contributed by atoms with van der Waals surface area (Å²) in [7, 11) is 0. The Hall–Kier alpha value is -2.17. The molecule has 3 N–H and O–H groups in total. The summed E-state index contributed by atoms with van der Waals surface area (Å²) in [4.78, 5) is 4.44. The minimum Gasteiger partial charge on any atom is -0.384 e. The first-order chi connectivity index (χ1) is 8.65. The van der Waals surface area contributed by atoms with Gasteiger partial charge in [-0.05, 0) is 38.0 Å². The van der Waals surface area contributed by atoms with E-state index in [0.29, 0.717) is 17.3 Å². The van der Waals surface area contributed by atoms with Crippen molar-refractivity contribution in [3.05, 3.63) is 41.3 Å². The Labute approximate surface area is 105 Å². The molecule has 0 spiro atoms. The lowest BCUT2D eigenvalue weighted by Crippen LogP contribution is -2.16. The molecular weight excluding hydrogens is 226 g/mol. The number of nitrogens with one attached hydrogen (secondary N) is 1. The number of rotatable bonds is 3. The second-order valence-corrected chi connectivity index (χ2v) is 4.70. The number of nitrogens with zero attached hydrogens (tertiary/aromatic N) is 3. The van der Waals surface area contributed by atoms with Gasteiger partial charge in [0.05, 0.1) is 11.3 Å². The summed E-state index contributed by atoms with van der Waals surface area (Å²) in [6, 6.07) is 5.69. The molecule has 92 valence electrons. The summed E-state index contributed by atoms with van der Waals surface area (Å²) < 4.78 is 1.72. The van der Waals surface area contributed by atoms with Gasteiger partial charge in [-0.3, -0.25) is 5.41 Å². The van der Waals surface area contributed by atoms with Crippen LogP contribution >= 0.6 is 0 Å². The van der Waals surface area contributed by atoms with E-state index in [4.69, 9.17) is 11.1 Å². The highest BCUT2D eigenvalue weighted by atomic mass is 15.3. The quantitative estimate of drug-likeness (QED) is 0.634. The molecule has 5 heteroatoms. The first-order valence-corrected chi connectivity index (χ1v) is 6.03. The van der Waals surface area contributed by atoms with Crippen molar-refractivity contribution >= 4 is 5.84 Å². The second-order valence-electron chi connectivity index (χ2n) is 4.70. The molecule has 2 aromatic rings. The Bertz CT molecular complexity index is 610. The van der Waals surface area contributed by atoms with E-state index in [1.54, 1.807) is 4.68 Å². The minimum atomic E-state index is 0.0148. The van der Waals surface area contributed by atoms with E-state index in [9.17, 15) is 0 Å². The summed E-state index contributed by atoms with van der Waals surface area (Å²) >= 11 is 0. The van der Waals surface area contributed by atoms with Crippen molar-refractivity contribution in [3.8, 4) is 5.82 Å². The van der Waals surface area contributed by atoms with Crippen LogP contribution in [0.1, 0.15) is 35.7 Å². The monoisotopic (exact) mass is 241 g/mol. The normalized spacial score (nSPS) is 14.7. The zero-order valence-electron chi connectivity index (χ0n) is 10.2. The molecule has 5 nitrogen and oxygen atoms in total. The van der Waals surface area contributed by atoms with Crippen LogP contribution in [-0.2, 0) is 0 Å². The molecule has 1 aliphatic carbocycles. The topological polar surface area (TPSA) is 80.6 Å². The number of aryl methyl sites for hydroxylation is 1. The standard InChI is InChI=1S/C13H15N5/c1-8-2-5-10(12(14)15)13(16-8)18-7-6-11(17-18)9-3-4-9/h2,5-7,9H,3-4H2,1H3,(H3,14,15). The van der Waals surface area contributed by atoms with Crippen LogP contribution in [0.25, 0.3) is 5.82 Å². The first-order valence-electron chi connectivity index (χ1n) is 6.03. The van der Waals surface area contributed by atoms with E-state index < -0.39 is 0 Å². The summed E-state index contributed by atoms with van der Waals surface area (Å²) in [6.45, 7) is 1.92. The van der Waals surface area contributed by atoms with E-state index in [1.807, 2.05) is 31.3 Å². The third-order valence-electron chi connectivity index (χ3n) is 3.13. The zero-order chi connectivity index (χ0) is 12.7. The summed E-state index contributed by atoms with van der Waals surface area (Å²) in [5.74, 6) is 1.26. The van der Waals surface area contributed by atoms with Gasteiger partial charge in [-0.15, -0.1) is 0 Å². The number of amidine groups is 1. The molecule has 0 aliphatic heterocycles. The van der Waals surface area contributed by atoms with Crippen molar-refractivity contribution in [2.24, 2.45) is 5.73 Å². The Kier molecular flexibility index (Phi) is 2.40. The first kappa shape index (κ1) is 11.0. The van der Waals surface area contributed by atoms with E-state index in [2.05, 4.69) is 10.1 Å². The van der Waals surface area contributed by atoms with Gasteiger partial charge in [0.1, 0.15) is 5.84 Å². The van der Waals surface area contributed by atoms with Crippen LogP contribution in [0.15, 0.2) is 24.4 Å². The third-order valence-corrected chi connectivity index (χ3v) is 3.13. The van der Waals surface area contributed by atoms with Crippen LogP contribution in [0.2, 0.25) is 0 Å². The van der Waals surface area contributed by atoms with Crippen LogP contribution in [-0.4, -0.2) is 20.6 Å². The van der Waals surface area contributed by atoms with Crippen molar-refractivity contribution in [1.82, 2.24) is 14.8 Å². The molecule has 0 aromatic carbocycles. The molecular formula is C13H15N5. The third kappa shape index (κ3) is 1.88. The lowest BCUT2D eigenvalue weighted by molar-refractivity contribution is 0.806. The molecule has 0 atom stereocenters. The number of hydrogen-bond donors (Lipinski definition) is 2. The highest BCUT2D eigenvalue weighted by Gasteiger charge is 2.26. The smallest absolute Gasteiger partial charge is 0.164 e. The molecule has 1 saturated carbocycles. The fourth-order valence-electron chi connectivity index (χ4n) is 1.98. The Balaban J connectivity index is 2.07. The van der Waals surface area contributed by atoms with E-state index in [1.165, 1.54) is 12.8 Å². The SMILES string of the molecule is Cc1ccc(C(=N)N)c(-n2ccc(C3CC3)n2)n1. The molecule has 0 saturated heterocycles. The largest absolute Gasteiger partial charge is 0.384 e. The molecule has 0 radical (unpaired) electrons. The van der Waals surface area contributed by atoms with Crippen LogP contribution in [0.3, 0.4) is 0 Å². The number of nitrogens with two attached hydrogens (primary N) is 1. The Morgan fingerprint density at radius 3 is 2.83 bits per heavy atom. The molecule has 0 amide bonds. The van der Waals surface area contributed by atoms with Crippen molar-refractivity contribution in [2.45, 2.75) is 25.7 Å². The maximum absolute atomic E-state index is 7.60. The zero-order valence-corrected chi connectivity index (χ0v) is 10.2. The summed E-state index contributed by atoms with van der Waals surface area (Å²) in [5.41, 5.74) is 8.19. The van der Waals surface area contributed by atoms with Gasteiger partial charge in [0.25, 0.3) is 0 Å². The molecule has 1 aliphatic rings. The average molecular weight is 241 g/mol. The van der Waals surface area contributed by atoms with Gasteiger partial charge >= 0.3 is 0 Å². The molecule has 18 heavy (non-hydrogen) atoms. The summed E-state index contributed by atoms with van der Waals surface area (Å²) in [5, 5.41) is 12.1. The maximum Gasteiger partial charge on any atom is 0.164 e. The minimum absolute atomic E-state index is 0.0148. The van der Waals surface area contributed by atoms with Gasteiger partial charge in [-0.2, -0.15) is 5.10 Å². The van der Waals surface area contributed by atoms with Crippen LogP contribution in [0.5, 0.6) is 0 Å². The highest BCUT2D eigenvalue weighted by molar-refractivity contribution is 5.97. The van der Waals surface area contributed by atoms with Crippen LogP contribution < -0.4 is 5.73 Å². The van der Waals surface area contributed by atoms with E-state index in [0.717, 1.165) is 11.4 Å². The Morgan fingerprint density at radius 1 is 1.39 bits per heavy atom. The van der Waals surface area contributed by atoms with Crippen molar-refractivity contribution in [3.63, 3.8) is 0 Å². The number of pyridine rings is 1. The van der Waals surface area contributed by atoms with Gasteiger partial charge in [0, 0.05) is 17.8 Å². The van der Waals surface area contributed by atoms with Crippen molar-refractivity contribution in [1.29, 1.82) is 5.41 Å². The fourth-order valence-corrected chi connectivity index (χ4v) is 1.98. The Morgan fingerprint density at radius 2 is 2.17 bits per heavy atom. The lowest BCUT2D eigenvalue weighted by Gasteiger charge is -2.08. The predicted octanol–water partition coefficient (Wildman–Crippen LogP) is 1.74. The number of nitrogen functional groups attached to an aromatic ring is 1. The molecule has 2 aromatic heterocycles. The van der Waals surface area contributed by atoms with Crippen molar-refractivity contribution in [2.75, 3.05) is 0 Å². The highest BCUT2D eigenvalue weighted by Crippen LogP contribution is 2.39. The van der Waals surface area contributed by atoms with Crippen molar-refractivity contribution < 1.29 is 0 Å². The molecule has 0 bridgehead atoms. The van der Waals surface area contributed by atoms with Gasteiger partial charge in [0.15, 0.2) is 5.82 Å². The molecule has 3 rings (SSSR count). The summed E-state index contributed by atoms with van der Waals surface area (Å²) in [6.07, 6.45) is 4.33. The molecule has 0 unspecified atom stereocenters. The average Bonchev–Trinajstić information content (AvgIpc) is 3.07. The van der Waals surface area contributed by atoms with E-state index in [-0.39, 0.29) is 5.84 Å². The van der Waals surface area contributed by atoms with Gasteiger partial charge < -0.3 is 5.73 Å². The van der Waals surface area contributed by atoms with Gasteiger partial charge in [0.2, 0.25) is 0 Å². The number of hydrogen-bond acceptors (Lipinski definition) is 3. The van der Waals surface area contributed by atoms with Crippen LogP contribution in [0, 0.1) is 12.3 Å². The predicted molar refractivity (Wildman–Crippen MR) is 69.1 cm³/mol.